The number of hydrogen-bond acceptors (Lipinski definition) is 5. The molecular weight excluding hydrogens is 315 g/mol. The molecule has 0 fully saturated rings. The van der Waals surface area contributed by atoms with E-state index in [1.165, 1.54) is 0 Å². The van der Waals surface area contributed by atoms with E-state index in [4.69, 9.17) is 9.83 Å². The number of carbonyl (C=O) groups is 2. The van der Waals surface area contributed by atoms with Crippen LogP contribution in [0.2, 0.25) is 0 Å². The molecule has 18 heavy (non-hydrogen) atoms. The molecule has 0 spiro atoms. The van der Waals surface area contributed by atoms with E-state index in [2.05, 4.69) is 17.9 Å². The number of carbonyl (C=O) groups excluding carboxylic acids is 2. The summed E-state index contributed by atoms with van der Waals surface area (Å²) in [5, 5.41) is 2.60. The van der Waals surface area contributed by atoms with Gasteiger partial charge in [-0.25, -0.2) is 0 Å². The van der Waals surface area contributed by atoms with Crippen molar-refractivity contribution in [3.05, 3.63) is 24.3 Å². The van der Waals surface area contributed by atoms with Crippen molar-refractivity contribution in [3.63, 3.8) is 0 Å². The van der Waals surface area contributed by atoms with Gasteiger partial charge in [-0.1, -0.05) is 0 Å². The monoisotopic (exact) mass is 330 g/mol. The fourth-order valence-corrected chi connectivity index (χ4v) is 2.09. The first-order chi connectivity index (χ1) is 8.56. The van der Waals surface area contributed by atoms with Crippen LogP contribution >= 0.6 is 12.6 Å². The average Bonchev–Trinajstić information content (AvgIpc) is 2.38. The predicted octanol–water partition coefficient (Wildman–Crippen LogP) is -1.19. The molecule has 0 saturated carbocycles. The maximum absolute atomic E-state index is 11.5. The summed E-state index contributed by atoms with van der Waals surface area (Å²) in [4.78, 5) is 23.0. The minimum absolute atomic E-state index is 0.224. The molecule has 1 rings (SSSR count). The van der Waals surface area contributed by atoms with Crippen LogP contribution in [0.4, 0.5) is 5.69 Å². The number of ketones is 1. The van der Waals surface area contributed by atoms with E-state index < -0.39 is 28.0 Å². The number of thiol groups is 1. The third kappa shape index (κ3) is 4.82. The van der Waals surface area contributed by atoms with Gasteiger partial charge in [0.05, 0.1) is 0 Å². The van der Waals surface area contributed by atoms with Crippen molar-refractivity contribution in [2.75, 3.05) is 11.1 Å². The van der Waals surface area contributed by atoms with Crippen LogP contribution in [0, 0.1) is 0 Å². The number of nitrogens with one attached hydrogen (secondary N) is 1. The van der Waals surface area contributed by atoms with E-state index in [0.717, 1.165) is 4.35 Å². The molecule has 1 aromatic carbocycles. The second kappa shape index (κ2) is 7.59. The molecule has 1 unspecified atom stereocenters. The summed E-state index contributed by atoms with van der Waals surface area (Å²) in [5.74, 6) is -0.507. The summed E-state index contributed by atoms with van der Waals surface area (Å²) in [7, 11) is 0. The molecule has 5 nitrogen and oxygen atoms in total. The van der Waals surface area contributed by atoms with Gasteiger partial charge in [-0.2, -0.15) is 0 Å². The minimum atomic E-state index is -1.06. The van der Waals surface area contributed by atoms with Gasteiger partial charge in [0.1, 0.15) is 0 Å². The Hall–Kier alpha value is -0.812. The van der Waals surface area contributed by atoms with Crippen molar-refractivity contribution >= 4 is 50.5 Å². The zero-order valence-corrected chi connectivity index (χ0v) is 12.6. The van der Waals surface area contributed by atoms with Gasteiger partial charge >= 0.3 is 118 Å². The van der Waals surface area contributed by atoms with E-state index in [1.54, 1.807) is 24.3 Å². The van der Waals surface area contributed by atoms with Crippen LogP contribution in [-0.2, 0) is 9.59 Å². The summed E-state index contributed by atoms with van der Waals surface area (Å²) in [5.41, 5.74) is 6.06. The predicted molar refractivity (Wildman–Crippen MR) is 75.5 cm³/mol. The number of rotatable bonds is 6. The van der Waals surface area contributed by atoms with Crippen LogP contribution in [0.1, 0.15) is 6.42 Å². The Labute approximate surface area is 118 Å². The Bertz CT molecular complexity index is 425. The second-order valence-corrected chi connectivity index (χ2v) is 5.72. The normalized spacial score (nSPS) is 12.6. The molecule has 7 heteroatoms. The molecule has 0 aliphatic heterocycles. The molecule has 0 heterocycles. The van der Waals surface area contributed by atoms with Gasteiger partial charge in [-0.3, -0.25) is 0 Å². The number of benzene rings is 1. The Balaban J connectivity index is 2.51. The van der Waals surface area contributed by atoms with Crippen molar-refractivity contribution in [1.82, 2.24) is 0 Å². The van der Waals surface area contributed by atoms with E-state index in [-0.39, 0.29) is 18.0 Å². The van der Waals surface area contributed by atoms with Gasteiger partial charge in [0.25, 0.3) is 0 Å². The van der Waals surface area contributed by atoms with E-state index >= 15 is 0 Å². The molecule has 0 radical (unpaired) electrons. The van der Waals surface area contributed by atoms with Crippen LogP contribution in [0.15, 0.2) is 24.3 Å². The molecule has 0 aliphatic rings. The second-order valence-electron chi connectivity index (χ2n) is 3.67. The molecule has 4 N–H and O–H groups in total. The number of anilines is 1. The fraction of sp³-hybridized carbons (Fsp3) is 0.273. The van der Waals surface area contributed by atoms with Gasteiger partial charge in [0, 0.05) is 0 Å². The average molecular weight is 330 g/mol. The summed E-state index contributed by atoms with van der Waals surface area (Å²) in [6, 6.07) is 6.17. The van der Waals surface area contributed by atoms with Gasteiger partial charge in [0.2, 0.25) is 0 Å². The molecular formula is C11H15AsN2O3S. The molecule has 1 amide bonds. The Kier molecular flexibility index (Phi) is 6.43. The SMILES string of the molecule is N[C@H](CS)C(=O)CC(=O)Nc1ccc([AsH]O)cc1. The standard InChI is InChI=1S/C11H15AsN2O3S/c13-9(6-18)10(15)5-11(16)14-8-3-1-7(12-17)2-4-8/h1-4,9,12,17-18H,5-6,13H2,(H,14,16)/t9-/m1/s1. The molecule has 0 aliphatic carbocycles. The van der Waals surface area contributed by atoms with Crippen LogP contribution < -0.4 is 15.4 Å². The zero-order valence-electron chi connectivity index (χ0n) is 9.59. The van der Waals surface area contributed by atoms with Crippen molar-refractivity contribution in [2.45, 2.75) is 12.5 Å². The third-order valence-corrected chi connectivity index (χ3v) is 3.88. The molecule has 2 atom stereocenters. The van der Waals surface area contributed by atoms with Crippen LogP contribution in [0.5, 0.6) is 0 Å². The number of Topliss-reactive ketones (excluding diaryl/α,β-unsaturated/α-hetero) is 1. The Morgan fingerprint density at radius 1 is 1.39 bits per heavy atom. The molecule has 1 aromatic rings. The zero-order chi connectivity index (χ0) is 13.5. The maximum atomic E-state index is 11.5. The Morgan fingerprint density at radius 2 is 2.00 bits per heavy atom. The number of amides is 1. The van der Waals surface area contributed by atoms with Crippen molar-refractivity contribution in [2.24, 2.45) is 5.73 Å². The van der Waals surface area contributed by atoms with Crippen molar-refractivity contribution in [3.8, 4) is 0 Å². The van der Waals surface area contributed by atoms with Gasteiger partial charge in [0.15, 0.2) is 0 Å². The summed E-state index contributed by atoms with van der Waals surface area (Å²) in [6.45, 7) is 0. The van der Waals surface area contributed by atoms with Gasteiger partial charge in [-0.05, 0) is 0 Å². The first-order valence-corrected chi connectivity index (χ1v) is 7.88. The van der Waals surface area contributed by atoms with Crippen LogP contribution in [0.25, 0.3) is 0 Å². The summed E-state index contributed by atoms with van der Waals surface area (Å²) < 4.78 is 9.87. The molecule has 0 aromatic heterocycles. The Morgan fingerprint density at radius 3 is 2.50 bits per heavy atom. The van der Waals surface area contributed by atoms with E-state index in [0.29, 0.717) is 5.69 Å². The molecule has 0 saturated heterocycles. The fourth-order valence-electron chi connectivity index (χ4n) is 1.22. The van der Waals surface area contributed by atoms with Crippen molar-refractivity contribution in [1.29, 1.82) is 0 Å². The topological polar surface area (TPSA) is 92.4 Å². The third-order valence-electron chi connectivity index (χ3n) is 2.24. The number of hydrogen-bond donors (Lipinski definition) is 4. The van der Waals surface area contributed by atoms with E-state index in [9.17, 15) is 9.59 Å². The first-order valence-electron chi connectivity index (χ1n) is 5.26. The van der Waals surface area contributed by atoms with Crippen LogP contribution in [-0.4, -0.2) is 43.7 Å². The first kappa shape index (κ1) is 15.2. The quantitative estimate of drug-likeness (QED) is 0.300. The molecule has 0 bridgehead atoms. The van der Waals surface area contributed by atoms with E-state index in [1.807, 2.05) is 0 Å². The van der Waals surface area contributed by atoms with Crippen molar-refractivity contribution < 1.29 is 13.7 Å². The van der Waals surface area contributed by atoms with Gasteiger partial charge < -0.3 is 0 Å². The number of nitrogens with two attached hydrogens (primary N) is 1. The summed E-state index contributed by atoms with van der Waals surface area (Å²) >= 11 is 2.84. The molecule has 98 valence electrons. The van der Waals surface area contributed by atoms with Gasteiger partial charge in [-0.15, -0.1) is 0 Å². The van der Waals surface area contributed by atoms with Crippen LogP contribution in [0.3, 0.4) is 0 Å². The summed E-state index contributed by atoms with van der Waals surface area (Å²) in [6.07, 6.45) is -0.253.